The van der Waals surface area contributed by atoms with Crippen LogP contribution in [0.3, 0.4) is 0 Å². The van der Waals surface area contributed by atoms with Crippen LogP contribution in [0.4, 0.5) is 11.4 Å². The SMILES string of the molecule is COc1cc(/C=C/C(CC(/C=C/c2ccc(O)c(OC)c2)=Nc2ccc(S(N)(=O)=O)cc2)=Nc2ccc(S(N)(=O)=O)cc2)ccc1O. The second kappa shape index (κ2) is 14.9. The molecule has 4 aromatic rings. The molecule has 0 spiro atoms. The van der Waals surface area contributed by atoms with Gasteiger partial charge in [0.15, 0.2) is 23.0 Å². The maximum atomic E-state index is 11.8. The maximum Gasteiger partial charge on any atom is 0.238 e. The molecule has 0 saturated heterocycles. The van der Waals surface area contributed by atoms with E-state index in [-0.39, 0.29) is 39.2 Å². The largest absolute Gasteiger partial charge is 0.504 e. The first-order chi connectivity index (χ1) is 22.2. The Morgan fingerprint density at radius 1 is 0.638 bits per heavy atom. The molecule has 0 aliphatic rings. The molecule has 0 aliphatic carbocycles. The van der Waals surface area contributed by atoms with Crippen LogP contribution in [0.5, 0.6) is 23.0 Å². The zero-order valence-electron chi connectivity index (χ0n) is 25.3. The number of sulfonamides is 2. The van der Waals surface area contributed by atoms with Crippen LogP contribution >= 0.6 is 0 Å². The first-order valence-corrected chi connectivity index (χ1v) is 16.9. The van der Waals surface area contributed by atoms with Gasteiger partial charge in [-0.2, -0.15) is 0 Å². The van der Waals surface area contributed by atoms with Crippen molar-refractivity contribution < 1.29 is 36.5 Å². The van der Waals surface area contributed by atoms with Crippen LogP contribution in [0, 0.1) is 0 Å². The summed E-state index contributed by atoms with van der Waals surface area (Å²) >= 11 is 0. The van der Waals surface area contributed by atoms with Crippen LogP contribution in [-0.2, 0) is 20.0 Å². The quantitative estimate of drug-likeness (QED) is 0.149. The monoisotopic (exact) mass is 676 g/mol. The van der Waals surface area contributed by atoms with Crippen molar-refractivity contribution >= 4 is 55.0 Å². The van der Waals surface area contributed by atoms with Gasteiger partial charge in [-0.15, -0.1) is 0 Å². The molecule has 0 fully saturated rings. The first-order valence-electron chi connectivity index (χ1n) is 13.8. The Hall–Kier alpha value is -5.28. The Labute approximate surface area is 272 Å². The molecule has 0 aliphatic heterocycles. The van der Waals surface area contributed by atoms with Crippen LogP contribution in [-0.4, -0.2) is 52.7 Å². The number of primary sulfonamides is 2. The molecule has 47 heavy (non-hydrogen) atoms. The zero-order chi connectivity index (χ0) is 34.2. The lowest BCUT2D eigenvalue weighted by atomic mass is 10.1. The smallest absolute Gasteiger partial charge is 0.238 e. The second-order valence-electron chi connectivity index (χ2n) is 9.99. The van der Waals surface area contributed by atoms with E-state index in [0.29, 0.717) is 33.9 Å². The van der Waals surface area contributed by atoms with Gasteiger partial charge >= 0.3 is 0 Å². The van der Waals surface area contributed by atoms with Crippen molar-refractivity contribution in [3.8, 4) is 23.0 Å². The van der Waals surface area contributed by atoms with Crippen molar-refractivity contribution in [2.75, 3.05) is 14.2 Å². The third-order valence-corrected chi connectivity index (χ3v) is 8.44. The zero-order valence-corrected chi connectivity index (χ0v) is 26.9. The number of phenolic OH excluding ortho intramolecular Hbond substituents is 2. The summed E-state index contributed by atoms with van der Waals surface area (Å²) in [6.07, 6.45) is 7.12. The Balaban J connectivity index is 1.80. The number of benzene rings is 4. The Bertz CT molecular complexity index is 1940. The van der Waals surface area contributed by atoms with Crippen LogP contribution < -0.4 is 19.8 Å². The van der Waals surface area contributed by atoms with Gasteiger partial charge in [-0.1, -0.05) is 24.3 Å². The van der Waals surface area contributed by atoms with Gasteiger partial charge < -0.3 is 19.7 Å². The van der Waals surface area contributed by atoms with E-state index in [1.54, 1.807) is 48.6 Å². The van der Waals surface area contributed by atoms with Gasteiger partial charge in [0.2, 0.25) is 20.0 Å². The van der Waals surface area contributed by atoms with Crippen molar-refractivity contribution in [3.63, 3.8) is 0 Å². The molecule has 4 aromatic carbocycles. The van der Waals surface area contributed by atoms with Crippen molar-refractivity contribution in [3.05, 3.63) is 108 Å². The summed E-state index contributed by atoms with van der Waals surface area (Å²) in [7, 11) is -4.93. The summed E-state index contributed by atoms with van der Waals surface area (Å²) in [5.74, 6) is 0.517. The first kappa shape index (κ1) is 34.6. The van der Waals surface area contributed by atoms with Gasteiger partial charge in [0.1, 0.15) is 0 Å². The molecule has 0 radical (unpaired) electrons. The maximum absolute atomic E-state index is 11.8. The molecule has 0 bridgehead atoms. The van der Waals surface area contributed by atoms with E-state index in [4.69, 9.17) is 29.7 Å². The average molecular weight is 677 g/mol. The number of hydrogen-bond donors (Lipinski definition) is 4. The highest BCUT2D eigenvalue weighted by atomic mass is 32.2. The molecule has 0 heterocycles. The fraction of sp³-hybridized carbons (Fsp3) is 0.0909. The van der Waals surface area contributed by atoms with Gasteiger partial charge in [-0.3, -0.25) is 9.98 Å². The minimum atomic E-state index is -3.91. The van der Waals surface area contributed by atoms with Gasteiger partial charge in [0, 0.05) is 17.8 Å². The van der Waals surface area contributed by atoms with Crippen molar-refractivity contribution in [2.24, 2.45) is 20.3 Å². The van der Waals surface area contributed by atoms with E-state index in [9.17, 15) is 27.0 Å². The molecule has 0 unspecified atom stereocenters. The Kier molecular flexibility index (Phi) is 10.9. The number of ether oxygens (including phenoxy) is 2. The molecule has 4 rings (SSSR count). The summed E-state index contributed by atoms with van der Waals surface area (Å²) in [6.45, 7) is 0. The lowest BCUT2D eigenvalue weighted by Crippen LogP contribution is -2.11. The van der Waals surface area contributed by atoms with Crippen molar-refractivity contribution in [1.29, 1.82) is 0 Å². The molecule has 0 amide bonds. The minimum Gasteiger partial charge on any atom is -0.504 e. The summed E-state index contributed by atoms with van der Waals surface area (Å²) in [5.41, 5.74) is 3.25. The molecule has 244 valence electrons. The number of aliphatic imine (C=N–C) groups is 2. The van der Waals surface area contributed by atoms with Gasteiger partial charge in [0.25, 0.3) is 0 Å². The number of hydrogen-bond acceptors (Lipinski definition) is 10. The van der Waals surface area contributed by atoms with Crippen molar-refractivity contribution in [1.82, 2.24) is 0 Å². The topological polar surface area (TPSA) is 204 Å². The van der Waals surface area contributed by atoms with Gasteiger partial charge in [-0.25, -0.2) is 27.1 Å². The number of nitrogens with two attached hydrogens (primary N) is 2. The standard InChI is InChI=1S/C33H32N4O8S2/c1-44-32-19-22(5-17-30(32)38)3-7-26(36-24-9-13-28(14-10-24)46(34,40)41)21-27(8-4-23-6-18-31(39)33(20-23)45-2)37-25-11-15-29(16-12-25)47(35,42)43/h3-20,38-39H,21H2,1-2H3,(H2,34,40,41)(H2,35,42,43)/b7-3+,8-4+,36-26?,37-27?. The molecule has 12 nitrogen and oxygen atoms in total. The van der Waals surface area contributed by atoms with Gasteiger partial charge in [0.05, 0.1) is 35.4 Å². The van der Waals surface area contributed by atoms with Crippen LogP contribution in [0.2, 0.25) is 0 Å². The predicted molar refractivity (Wildman–Crippen MR) is 182 cm³/mol. The number of allylic oxidation sites excluding steroid dienone is 2. The summed E-state index contributed by atoms with van der Waals surface area (Å²) < 4.78 is 57.5. The normalized spacial score (nSPS) is 12.9. The minimum absolute atomic E-state index is 0.0210. The molecule has 14 heteroatoms. The molecule has 0 atom stereocenters. The summed E-state index contributed by atoms with van der Waals surface area (Å²) in [4.78, 5) is 9.32. The highest BCUT2D eigenvalue weighted by Crippen LogP contribution is 2.28. The average Bonchev–Trinajstić information content (AvgIpc) is 3.03. The van der Waals surface area contributed by atoms with E-state index in [2.05, 4.69) is 0 Å². The molecule has 6 N–H and O–H groups in total. The van der Waals surface area contributed by atoms with Crippen molar-refractivity contribution in [2.45, 2.75) is 16.2 Å². The Morgan fingerprint density at radius 3 is 1.32 bits per heavy atom. The third-order valence-electron chi connectivity index (χ3n) is 6.58. The molecule has 0 saturated carbocycles. The summed E-state index contributed by atoms with van der Waals surface area (Å²) in [5, 5.41) is 30.5. The third kappa shape index (κ3) is 9.85. The highest BCUT2D eigenvalue weighted by Gasteiger charge is 2.10. The molecular formula is C33H32N4O8S2. The van der Waals surface area contributed by atoms with E-state index in [0.717, 1.165) is 0 Å². The summed E-state index contributed by atoms with van der Waals surface area (Å²) in [6, 6.07) is 21.1. The van der Waals surface area contributed by atoms with Crippen LogP contribution in [0.1, 0.15) is 17.5 Å². The number of nitrogens with zero attached hydrogens (tertiary/aromatic N) is 2. The number of aromatic hydroxyl groups is 2. The van der Waals surface area contributed by atoms with E-state index < -0.39 is 20.0 Å². The van der Waals surface area contributed by atoms with Crippen LogP contribution in [0.15, 0.2) is 117 Å². The number of rotatable bonds is 12. The van der Waals surface area contributed by atoms with Crippen LogP contribution in [0.25, 0.3) is 12.2 Å². The molecule has 0 aromatic heterocycles. The fourth-order valence-electron chi connectivity index (χ4n) is 4.19. The van der Waals surface area contributed by atoms with E-state index in [1.165, 1.54) is 74.9 Å². The fourth-order valence-corrected chi connectivity index (χ4v) is 5.22. The Morgan fingerprint density at radius 2 is 1.00 bits per heavy atom. The lowest BCUT2D eigenvalue weighted by Gasteiger charge is -2.07. The van der Waals surface area contributed by atoms with E-state index in [1.807, 2.05) is 0 Å². The second-order valence-corrected chi connectivity index (χ2v) is 13.1. The lowest BCUT2D eigenvalue weighted by molar-refractivity contribution is 0.373. The highest BCUT2D eigenvalue weighted by molar-refractivity contribution is 7.89. The predicted octanol–water partition coefficient (Wildman–Crippen LogP) is 5.07. The molecular weight excluding hydrogens is 645 g/mol. The van der Waals surface area contributed by atoms with Gasteiger partial charge in [-0.05, 0) is 96.1 Å². The number of phenols is 2. The number of methoxy groups -OCH3 is 2. The van der Waals surface area contributed by atoms with E-state index >= 15 is 0 Å².